The molecule has 3 unspecified atom stereocenters. The number of fused-ring (bicyclic) bond motifs is 1. The van der Waals surface area contributed by atoms with E-state index in [0.29, 0.717) is 12.3 Å². The second kappa shape index (κ2) is 7.84. The van der Waals surface area contributed by atoms with Crippen molar-refractivity contribution in [2.24, 2.45) is 0 Å². The standard InChI is InChI=1S/C20H23NO6/c1-24-20-16(21-13-8-5-9-14(22)10-13)17(23)18-15(26-20)11-25-19(27-18)12-6-3-2-4-7-12/h2-10,15-23H,11H2,1H3/t15?,16-,17?,18+,19?,20-/m0/s1. The molecule has 0 bridgehead atoms. The van der Waals surface area contributed by atoms with Crippen molar-refractivity contribution >= 4 is 5.69 Å². The van der Waals surface area contributed by atoms with Crippen LogP contribution in [0.5, 0.6) is 5.75 Å². The van der Waals surface area contributed by atoms with Crippen molar-refractivity contribution in [2.45, 2.75) is 36.9 Å². The Balaban J connectivity index is 1.53. The summed E-state index contributed by atoms with van der Waals surface area (Å²) in [5.41, 5.74) is 1.53. The molecule has 2 aliphatic rings. The van der Waals surface area contributed by atoms with Gasteiger partial charge in [-0.1, -0.05) is 36.4 Å². The molecule has 2 fully saturated rings. The minimum Gasteiger partial charge on any atom is -0.508 e. The third kappa shape index (κ3) is 3.78. The van der Waals surface area contributed by atoms with E-state index in [9.17, 15) is 10.2 Å². The maximum absolute atomic E-state index is 11.0. The van der Waals surface area contributed by atoms with E-state index in [-0.39, 0.29) is 5.75 Å². The van der Waals surface area contributed by atoms with Crippen LogP contribution in [0, 0.1) is 0 Å². The van der Waals surface area contributed by atoms with E-state index in [1.165, 1.54) is 7.11 Å². The average molecular weight is 373 g/mol. The first-order valence-corrected chi connectivity index (χ1v) is 8.89. The Bertz CT molecular complexity index is 757. The van der Waals surface area contributed by atoms with Gasteiger partial charge in [-0.3, -0.25) is 0 Å². The summed E-state index contributed by atoms with van der Waals surface area (Å²) in [6.45, 7) is 0.292. The monoisotopic (exact) mass is 373 g/mol. The molecule has 0 saturated carbocycles. The first-order valence-electron chi connectivity index (χ1n) is 8.89. The molecule has 0 aromatic heterocycles. The molecule has 2 aromatic rings. The maximum atomic E-state index is 11.0. The Morgan fingerprint density at radius 2 is 1.89 bits per heavy atom. The number of phenolic OH excluding ortho intramolecular Hbond substituents is 1. The minimum absolute atomic E-state index is 0.129. The number of ether oxygens (including phenoxy) is 4. The molecule has 27 heavy (non-hydrogen) atoms. The lowest BCUT2D eigenvalue weighted by Gasteiger charge is -2.47. The Hall–Kier alpha value is -2.16. The van der Waals surface area contributed by atoms with Crippen LogP contribution in [-0.2, 0) is 18.9 Å². The number of phenols is 1. The summed E-state index contributed by atoms with van der Waals surface area (Å²) in [6.07, 6.45) is -3.17. The molecule has 144 valence electrons. The fraction of sp³-hybridized carbons (Fsp3) is 0.400. The van der Waals surface area contributed by atoms with Crippen molar-refractivity contribution in [2.75, 3.05) is 19.0 Å². The lowest BCUT2D eigenvalue weighted by molar-refractivity contribution is -0.337. The Labute approximate surface area is 157 Å². The number of aliphatic hydroxyl groups is 1. The van der Waals surface area contributed by atoms with Crippen LogP contribution < -0.4 is 5.32 Å². The van der Waals surface area contributed by atoms with Gasteiger partial charge in [-0.25, -0.2) is 0 Å². The van der Waals surface area contributed by atoms with Crippen LogP contribution in [0.4, 0.5) is 5.69 Å². The SMILES string of the molecule is CO[C@H]1OC2COC(c3ccccc3)O[C@H]2C(O)[C@@H]1Nc1cccc(O)c1. The third-order valence-electron chi connectivity index (χ3n) is 4.85. The van der Waals surface area contributed by atoms with Crippen molar-refractivity contribution in [1.82, 2.24) is 0 Å². The van der Waals surface area contributed by atoms with Gasteiger partial charge in [0, 0.05) is 24.4 Å². The Kier molecular flexibility index (Phi) is 5.29. The van der Waals surface area contributed by atoms with E-state index in [2.05, 4.69) is 5.32 Å². The average Bonchev–Trinajstić information content (AvgIpc) is 2.70. The third-order valence-corrected chi connectivity index (χ3v) is 4.85. The van der Waals surface area contributed by atoms with Gasteiger partial charge < -0.3 is 34.5 Å². The predicted octanol–water partition coefficient (Wildman–Crippen LogP) is 2.02. The zero-order valence-corrected chi connectivity index (χ0v) is 14.9. The molecule has 2 saturated heterocycles. The molecule has 6 atom stereocenters. The van der Waals surface area contributed by atoms with Crippen LogP contribution in [0.2, 0.25) is 0 Å². The summed E-state index contributed by atoms with van der Waals surface area (Å²) in [4.78, 5) is 0. The van der Waals surface area contributed by atoms with Gasteiger partial charge in [0.25, 0.3) is 0 Å². The molecule has 0 radical (unpaired) electrons. The molecule has 0 amide bonds. The number of aliphatic hydroxyl groups excluding tert-OH is 1. The van der Waals surface area contributed by atoms with Crippen molar-refractivity contribution < 1.29 is 29.2 Å². The van der Waals surface area contributed by atoms with Crippen molar-refractivity contribution in [3.63, 3.8) is 0 Å². The van der Waals surface area contributed by atoms with Crippen molar-refractivity contribution in [1.29, 1.82) is 0 Å². The summed E-state index contributed by atoms with van der Waals surface area (Å²) < 4.78 is 23.2. The van der Waals surface area contributed by atoms with Gasteiger partial charge in [-0.15, -0.1) is 0 Å². The smallest absolute Gasteiger partial charge is 0.184 e. The van der Waals surface area contributed by atoms with Crippen LogP contribution >= 0.6 is 0 Å². The molecule has 2 aromatic carbocycles. The number of nitrogens with one attached hydrogen (secondary N) is 1. The van der Waals surface area contributed by atoms with Crippen LogP contribution in [0.25, 0.3) is 0 Å². The highest BCUT2D eigenvalue weighted by atomic mass is 16.7. The van der Waals surface area contributed by atoms with Gasteiger partial charge in [0.05, 0.1) is 6.61 Å². The Morgan fingerprint density at radius 1 is 1.07 bits per heavy atom. The van der Waals surface area contributed by atoms with Gasteiger partial charge in [0.2, 0.25) is 0 Å². The van der Waals surface area contributed by atoms with Crippen LogP contribution in [0.1, 0.15) is 11.9 Å². The summed E-state index contributed by atoms with van der Waals surface area (Å²) in [5, 5.41) is 23.8. The molecule has 0 aliphatic carbocycles. The molecule has 7 heteroatoms. The summed E-state index contributed by atoms with van der Waals surface area (Å²) >= 11 is 0. The highest BCUT2D eigenvalue weighted by Crippen LogP contribution is 2.35. The molecule has 2 aliphatic heterocycles. The number of aromatic hydroxyl groups is 1. The summed E-state index contributed by atoms with van der Waals surface area (Å²) in [7, 11) is 1.52. The van der Waals surface area contributed by atoms with Crippen LogP contribution in [-0.4, -0.2) is 54.6 Å². The fourth-order valence-corrected chi connectivity index (χ4v) is 3.51. The molecular weight excluding hydrogens is 350 g/mol. The molecule has 2 heterocycles. The first-order chi connectivity index (χ1) is 13.2. The zero-order chi connectivity index (χ0) is 18.8. The van der Waals surface area contributed by atoms with Gasteiger partial charge in [-0.05, 0) is 12.1 Å². The molecule has 4 rings (SSSR count). The lowest BCUT2D eigenvalue weighted by Crippen LogP contribution is -2.64. The van der Waals surface area contributed by atoms with E-state index >= 15 is 0 Å². The molecule has 0 spiro atoms. The lowest BCUT2D eigenvalue weighted by atomic mass is 9.95. The Morgan fingerprint density at radius 3 is 2.63 bits per heavy atom. The second-order valence-electron chi connectivity index (χ2n) is 6.67. The molecule has 7 nitrogen and oxygen atoms in total. The molecular formula is C20H23NO6. The van der Waals surface area contributed by atoms with Gasteiger partial charge in [0.1, 0.15) is 30.1 Å². The zero-order valence-electron chi connectivity index (χ0n) is 14.9. The van der Waals surface area contributed by atoms with Crippen molar-refractivity contribution in [3.05, 3.63) is 60.2 Å². The van der Waals surface area contributed by atoms with E-state index in [1.54, 1.807) is 24.3 Å². The maximum Gasteiger partial charge on any atom is 0.184 e. The van der Waals surface area contributed by atoms with E-state index in [0.717, 1.165) is 5.56 Å². The second-order valence-corrected chi connectivity index (χ2v) is 6.67. The van der Waals surface area contributed by atoms with E-state index in [1.807, 2.05) is 30.3 Å². The number of anilines is 1. The fourth-order valence-electron chi connectivity index (χ4n) is 3.51. The minimum atomic E-state index is -0.897. The normalized spacial score (nSPS) is 33.3. The highest BCUT2D eigenvalue weighted by Gasteiger charge is 2.49. The van der Waals surface area contributed by atoms with Crippen LogP contribution in [0.15, 0.2) is 54.6 Å². The number of rotatable bonds is 4. The quantitative estimate of drug-likeness (QED) is 0.755. The predicted molar refractivity (Wildman–Crippen MR) is 97.2 cm³/mol. The van der Waals surface area contributed by atoms with Gasteiger partial charge in [-0.2, -0.15) is 0 Å². The summed E-state index contributed by atoms with van der Waals surface area (Å²) in [5.74, 6) is 0.129. The topological polar surface area (TPSA) is 89.4 Å². The highest BCUT2D eigenvalue weighted by molar-refractivity contribution is 5.49. The molecule has 3 N–H and O–H groups in total. The number of hydrogen-bond donors (Lipinski definition) is 3. The summed E-state index contributed by atoms with van der Waals surface area (Å²) in [6, 6.07) is 15.7. The largest absolute Gasteiger partial charge is 0.508 e. The number of benzene rings is 2. The number of hydrogen-bond acceptors (Lipinski definition) is 7. The van der Waals surface area contributed by atoms with E-state index < -0.39 is 36.9 Å². The van der Waals surface area contributed by atoms with E-state index in [4.69, 9.17) is 18.9 Å². The van der Waals surface area contributed by atoms with Gasteiger partial charge >= 0.3 is 0 Å². The number of methoxy groups -OCH3 is 1. The van der Waals surface area contributed by atoms with Crippen LogP contribution in [0.3, 0.4) is 0 Å². The van der Waals surface area contributed by atoms with Crippen molar-refractivity contribution in [3.8, 4) is 5.75 Å². The first kappa shape index (κ1) is 18.2. The van der Waals surface area contributed by atoms with Gasteiger partial charge in [0.15, 0.2) is 12.6 Å².